The fourth-order valence-corrected chi connectivity index (χ4v) is 8.71. The summed E-state index contributed by atoms with van der Waals surface area (Å²) in [6.07, 6.45) is 77.5. The van der Waals surface area contributed by atoms with Gasteiger partial charge in [-0.25, -0.2) is 0 Å². The van der Waals surface area contributed by atoms with Crippen LogP contribution in [0.5, 0.6) is 0 Å². The zero-order valence-corrected chi connectivity index (χ0v) is 47.7. The maximum atomic E-state index is 12.9. The number of carbonyl (C=O) groups is 3. The molecule has 0 bridgehead atoms. The fraction of sp³-hybridized carbons (Fsp3) is 0.773. The quantitative estimate of drug-likeness (QED) is 0.0261. The average molecular weight is 1010 g/mol. The van der Waals surface area contributed by atoms with Gasteiger partial charge in [0, 0.05) is 19.3 Å². The van der Waals surface area contributed by atoms with Crippen LogP contribution in [0.15, 0.2) is 72.9 Å². The molecule has 1 unspecified atom stereocenters. The summed E-state index contributed by atoms with van der Waals surface area (Å²) in [6.45, 7) is 6.60. The standard InChI is InChI=1S/C66H116O6/c1-4-7-10-13-16-19-22-25-27-29-30-31-32-33-34-35-36-37-39-41-44-47-50-53-56-59-65(68)71-62-63(61-70-64(67)58-55-52-49-46-43-40-24-21-18-15-12-9-6-3)72-66(69)60-57-54-51-48-45-42-38-28-26-23-20-17-14-11-8-5-2/h20-25,28-30,32-33,38,63H,4-19,26-27,31,34-37,39-62H2,1-3H3/b23-20-,24-21-,25-22-,30-29-,33-32-,38-28-. The van der Waals surface area contributed by atoms with Crippen LogP contribution in [-0.2, 0) is 28.6 Å². The van der Waals surface area contributed by atoms with Crippen molar-refractivity contribution in [1.29, 1.82) is 0 Å². The Bertz CT molecular complexity index is 1340. The lowest BCUT2D eigenvalue weighted by molar-refractivity contribution is -0.167. The Morgan fingerprint density at radius 1 is 0.278 bits per heavy atom. The van der Waals surface area contributed by atoms with Gasteiger partial charge in [0.25, 0.3) is 0 Å². The molecular formula is C66H116O6. The highest BCUT2D eigenvalue weighted by Crippen LogP contribution is 2.15. The number of rotatable bonds is 56. The van der Waals surface area contributed by atoms with Crippen molar-refractivity contribution in [3.63, 3.8) is 0 Å². The Labute approximate surface area is 446 Å². The maximum absolute atomic E-state index is 12.9. The molecule has 6 nitrogen and oxygen atoms in total. The van der Waals surface area contributed by atoms with E-state index in [0.29, 0.717) is 19.3 Å². The van der Waals surface area contributed by atoms with E-state index in [1.54, 1.807) is 0 Å². The summed E-state index contributed by atoms with van der Waals surface area (Å²) < 4.78 is 16.9. The zero-order chi connectivity index (χ0) is 52.2. The van der Waals surface area contributed by atoms with Crippen molar-refractivity contribution in [3.8, 4) is 0 Å². The van der Waals surface area contributed by atoms with Crippen molar-refractivity contribution < 1.29 is 28.6 Å². The van der Waals surface area contributed by atoms with E-state index in [2.05, 4.69) is 93.7 Å². The third kappa shape index (κ3) is 57.7. The molecule has 0 saturated carbocycles. The number of esters is 3. The summed E-state index contributed by atoms with van der Waals surface area (Å²) in [6, 6.07) is 0. The number of hydrogen-bond donors (Lipinski definition) is 0. The van der Waals surface area contributed by atoms with Crippen LogP contribution in [0.3, 0.4) is 0 Å². The molecule has 0 amide bonds. The van der Waals surface area contributed by atoms with Gasteiger partial charge < -0.3 is 14.2 Å². The summed E-state index contributed by atoms with van der Waals surface area (Å²) in [7, 11) is 0. The molecular weight excluding hydrogens is 889 g/mol. The lowest BCUT2D eigenvalue weighted by atomic mass is 10.1. The highest BCUT2D eigenvalue weighted by atomic mass is 16.6. The van der Waals surface area contributed by atoms with E-state index in [1.165, 1.54) is 167 Å². The number of hydrogen-bond acceptors (Lipinski definition) is 6. The second-order valence-electron chi connectivity index (χ2n) is 20.6. The van der Waals surface area contributed by atoms with Crippen LogP contribution < -0.4 is 0 Å². The first kappa shape index (κ1) is 68.8. The minimum Gasteiger partial charge on any atom is -0.462 e. The van der Waals surface area contributed by atoms with E-state index < -0.39 is 6.10 Å². The second kappa shape index (κ2) is 60.4. The van der Waals surface area contributed by atoms with Crippen LogP contribution in [0.2, 0.25) is 0 Å². The van der Waals surface area contributed by atoms with E-state index in [9.17, 15) is 14.4 Å². The molecule has 0 aliphatic heterocycles. The van der Waals surface area contributed by atoms with Crippen LogP contribution >= 0.6 is 0 Å². The van der Waals surface area contributed by atoms with Crippen LogP contribution in [0.4, 0.5) is 0 Å². The van der Waals surface area contributed by atoms with Gasteiger partial charge in [-0.15, -0.1) is 0 Å². The molecule has 0 aromatic rings. The molecule has 1 atom stereocenters. The van der Waals surface area contributed by atoms with Crippen molar-refractivity contribution >= 4 is 17.9 Å². The highest BCUT2D eigenvalue weighted by Gasteiger charge is 2.19. The molecule has 0 aliphatic rings. The summed E-state index contributed by atoms with van der Waals surface area (Å²) >= 11 is 0. The molecule has 416 valence electrons. The fourth-order valence-electron chi connectivity index (χ4n) is 8.71. The molecule has 0 fully saturated rings. The van der Waals surface area contributed by atoms with Gasteiger partial charge >= 0.3 is 17.9 Å². The van der Waals surface area contributed by atoms with Gasteiger partial charge in [-0.1, -0.05) is 248 Å². The van der Waals surface area contributed by atoms with Crippen LogP contribution in [-0.4, -0.2) is 37.2 Å². The SMILES string of the molecule is CCCCCC/C=C\C/C=C\CCCCCCCC(=O)OC(COC(=O)CCCCCCC/C=C\CCCCCC)COC(=O)CCCCCCCCCCCC/C=C\C/C=C\C/C=C\CCCCCCC. The Morgan fingerprint density at radius 3 is 0.806 bits per heavy atom. The molecule has 0 aromatic heterocycles. The van der Waals surface area contributed by atoms with Gasteiger partial charge in [-0.3, -0.25) is 14.4 Å². The molecule has 0 aliphatic carbocycles. The van der Waals surface area contributed by atoms with E-state index in [-0.39, 0.29) is 31.1 Å². The predicted octanol–water partition coefficient (Wildman–Crippen LogP) is 20.9. The highest BCUT2D eigenvalue weighted by molar-refractivity contribution is 5.71. The van der Waals surface area contributed by atoms with Gasteiger partial charge in [-0.2, -0.15) is 0 Å². The van der Waals surface area contributed by atoms with E-state index >= 15 is 0 Å². The molecule has 6 heteroatoms. The van der Waals surface area contributed by atoms with E-state index in [0.717, 1.165) is 103 Å². The topological polar surface area (TPSA) is 78.9 Å². The first-order valence-electron chi connectivity index (χ1n) is 30.9. The Balaban J connectivity index is 4.32. The van der Waals surface area contributed by atoms with E-state index in [4.69, 9.17) is 14.2 Å². The van der Waals surface area contributed by atoms with Crippen molar-refractivity contribution in [2.24, 2.45) is 0 Å². The van der Waals surface area contributed by atoms with Gasteiger partial charge in [0.1, 0.15) is 13.2 Å². The lowest BCUT2D eigenvalue weighted by Gasteiger charge is -2.18. The number of unbranched alkanes of at least 4 members (excludes halogenated alkanes) is 33. The monoisotopic (exact) mass is 1000 g/mol. The van der Waals surface area contributed by atoms with Gasteiger partial charge in [0.05, 0.1) is 0 Å². The third-order valence-corrected chi connectivity index (χ3v) is 13.4. The van der Waals surface area contributed by atoms with Crippen molar-refractivity contribution in [3.05, 3.63) is 72.9 Å². The first-order valence-corrected chi connectivity index (χ1v) is 30.9. The predicted molar refractivity (Wildman–Crippen MR) is 311 cm³/mol. The molecule has 0 rings (SSSR count). The molecule has 0 N–H and O–H groups in total. The van der Waals surface area contributed by atoms with Crippen LogP contribution in [0.25, 0.3) is 0 Å². The third-order valence-electron chi connectivity index (χ3n) is 13.4. The number of allylic oxidation sites excluding steroid dienone is 12. The van der Waals surface area contributed by atoms with Crippen molar-refractivity contribution in [2.45, 2.75) is 316 Å². The van der Waals surface area contributed by atoms with Crippen LogP contribution in [0.1, 0.15) is 310 Å². The second-order valence-corrected chi connectivity index (χ2v) is 20.6. The number of ether oxygens (including phenoxy) is 3. The molecule has 0 aromatic carbocycles. The normalized spacial score (nSPS) is 12.5. The summed E-state index contributed by atoms with van der Waals surface area (Å²) in [5.41, 5.74) is 0. The van der Waals surface area contributed by atoms with Gasteiger partial charge in [0.2, 0.25) is 0 Å². The minimum absolute atomic E-state index is 0.0849. The Morgan fingerprint density at radius 2 is 0.500 bits per heavy atom. The average Bonchev–Trinajstić information content (AvgIpc) is 3.38. The van der Waals surface area contributed by atoms with Crippen molar-refractivity contribution in [2.75, 3.05) is 13.2 Å². The largest absolute Gasteiger partial charge is 0.462 e. The summed E-state index contributed by atoms with van der Waals surface area (Å²) in [4.78, 5) is 38.2. The Hall–Kier alpha value is -3.15. The van der Waals surface area contributed by atoms with Crippen LogP contribution in [0, 0.1) is 0 Å². The van der Waals surface area contributed by atoms with Crippen molar-refractivity contribution in [1.82, 2.24) is 0 Å². The maximum Gasteiger partial charge on any atom is 0.306 e. The zero-order valence-electron chi connectivity index (χ0n) is 47.7. The van der Waals surface area contributed by atoms with Gasteiger partial charge in [0.15, 0.2) is 6.10 Å². The molecule has 0 radical (unpaired) electrons. The number of carbonyl (C=O) groups excluding carboxylic acids is 3. The molecule has 0 heterocycles. The van der Waals surface area contributed by atoms with E-state index in [1.807, 2.05) is 0 Å². The summed E-state index contributed by atoms with van der Waals surface area (Å²) in [5, 5.41) is 0. The van der Waals surface area contributed by atoms with Gasteiger partial charge in [-0.05, 0) is 116 Å². The molecule has 0 saturated heterocycles. The summed E-state index contributed by atoms with van der Waals surface area (Å²) in [5.74, 6) is -0.901. The lowest BCUT2D eigenvalue weighted by Crippen LogP contribution is -2.30. The molecule has 72 heavy (non-hydrogen) atoms. The molecule has 0 spiro atoms. The Kier molecular flexibility index (Phi) is 57.8. The minimum atomic E-state index is -0.788. The first-order chi connectivity index (χ1) is 35.5. The smallest absolute Gasteiger partial charge is 0.306 e.